The molecular formula is C18H21ClN4O2. The van der Waals surface area contributed by atoms with E-state index >= 15 is 0 Å². The van der Waals surface area contributed by atoms with Crippen molar-refractivity contribution in [2.75, 3.05) is 19.0 Å². The Balaban J connectivity index is 1.61. The van der Waals surface area contributed by atoms with Crippen molar-refractivity contribution in [2.24, 2.45) is 0 Å². The molecule has 1 aromatic carbocycles. The summed E-state index contributed by atoms with van der Waals surface area (Å²) in [5, 5.41) is 3.79. The molecule has 2 atom stereocenters. The third-order valence-corrected chi connectivity index (χ3v) is 4.69. The second-order valence-corrected chi connectivity index (χ2v) is 6.56. The van der Waals surface area contributed by atoms with E-state index in [2.05, 4.69) is 15.3 Å². The van der Waals surface area contributed by atoms with Crippen molar-refractivity contribution < 1.29 is 9.53 Å². The summed E-state index contributed by atoms with van der Waals surface area (Å²) in [5.74, 6) is 1.41. The number of carbonyl (C=O) groups is 1. The Morgan fingerprint density at radius 3 is 2.88 bits per heavy atom. The molecule has 1 aliphatic rings. The Bertz CT molecular complexity index is 738. The highest BCUT2D eigenvalue weighted by molar-refractivity contribution is 6.30. The van der Waals surface area contributed by atoms with Crippen LogP contribution in [-0.2, 0) is 11.2 Å². The van der Waals surface area contributed by atoms with Crippen molar-refractivity contribution in [3.05, 3.63) is 47.2 Å². The Labute approximate surface area is 152 Å². The molecule has 0 saturated carbocycles. The lowest BCUT2D eigenvalue weighted by Gasteiger charge is -2.25. The minimum atomic E-state index is 0.0670. The van der Waals surface area contributed by atoms with E-state index < -0.39 is 0 Å². The first-order valence-electron chi connectivity index (χ1n) is 8.23. The molecule has 1 aliphatic heterocycles. The summed E-state index contributed by atoms with van der Waals surface area (Å²) >= 11 is 5.81. The van der Waals surface area contributed by atoms with Gasteiger partial charge in [-0.2, -0.15) is 0 Å². The van der Waals surface area contributed by atoms with Gasteiger partial charge in [0.05, 0.1) is 37.0 Å². The molecule has 132 valence electrons. The minimum absolute atomic E-state index is 0.0670. The Hall–Kier alpha value is -2.34. The Kier molecular flexibility index (Phi) is 5.38. The van der Waals surface area contributed by atoms with E-state index in [0.29, 0.717) is 17.4 Å². The zero-order valence-corrected chi connectivity index (χ0v) is 15.0. The first-order chi connectivity index (χ1) is 12.1. The molecule has 2 unspecified atom stereocenters. The SMILES string of the molecule is COc1cccc(CC(=O)N2CCC(Nc3ncc(Cl)cn3)C2C)c1. The maximum Gasteiger partial charge on any atom is 0.227 e. The van der Waals surface area contributed by atoms with Gasteiger partial charge in [0.2, 0.25) is 11.9 Å². The molecule has 0 aliphatic carbocycles. The first-order valence-corrected chi connectivity index (χ1v) is 8.61. The summed E-state index contributed by atoms with van der Waals surface area (Å²) in [7, 11) is 1.62. The highest BCUT2D eigenvalue weighted by Gasteiger charge is 2.34. The summed E-state index contributed by atoms with van der Waals surface area (Å²) in [4.78, 5) is 22.9. The number of rotatable bonds is 5. The average Bonchev–Trinajstić information content (AvgIpc) is 2.98. The summed E-state index contributed by atoms with van der Waals surface area (Å²) in [5.41, 5.74) is 0.953. The number of ether oxygens (including phenoxy) is 1. The Morgan fingerprint density at radius 1 is 1.40 bits per heavy atom. The first kappa shape index (κ1) is 17.5. The number of methoxy groups -OCH3 is 1. The zero-order chi connectivity index (χ0) is 17.8. The number of amides is 1. The predicted octanol–water partition coefficient (Wildman–Crippen LogP) is 2.78. The van der Waals surface area contributed by atoms with Crippen molar-refractivity contribution >= 4 is 23.5 Å². The van der Waals surface area contributed by atoms with E-state index in [4.69, 9.17) is 16.3 Å². The van der Waals surface area contributed by atoms with Gasteiger partial charge in [0.1, 0.15) is 5.75 Å². The number of nitrogens with zero attached hydrogens (tertiary/aromatic N) is 3. The van der Waals surface area contributed by atoms with Crippen LogP contribution in [0.4, 0.5) is 5.95 Å². The fraction of sp³-hybridized carbons (Fsp3) is 0.389. The van der Waals surface area contributed by atoms with E-state index in [-0.39, 0.29) is 18.0 Å². The molecule has 0 bridgehead atoms. The summed E-state index contributed by atoms with van der Waals surface area (Å²) in [6, 6.07) is 7.80. The molecule has 1 saturated heterocycles. The number of carbonyl (C=O) groups excluding carboxylic acids is 1. The fourth-order valence-corrected chi connectivity index (χ4v) is 3.19. The molecule has 6 nitrogen and oxygen atoms in total. The van der Waals surface area contributed by atoms with Crippen molar-refractivity contribution in [1.29, 1.82) is 0 Å². The molecular weight excluding hydrogens is 340 g/mol. The summed E-state index contributed by atoms with van der Waals surface area (Å²) < 4.78 is 5.22. The van der Waals surface area contributed by atoms with Crippen molar-refractivity contribution in [3.8, 4) is 5.75 Å². The molecule has 2 heterocycles. The molecule has 1 aromatic heterocycles. The smallest absolute Gasteiger partial charge is 0.227 e. The minimum Gasteiger partial charge on any atom is -0.497 e. The highest BCUT2D eigenvalue weighted by atomic mass is 35.5. The van der Waals surface area contributed by atoms with Crippen molar-refractivity contribution in [1.82, 2.24) is 14.9 Å². The van der Waals surface area contributed by atoms with Crippen LogP contribution in [0.15, 0.2) is 36.7 Å². The van der Waals surface area contributed by atoms with E-state index in [1.54, 1.807) is 19.5 Å². The van der Waals surface area contributed by atoms with Crippen LogP contribution >= 0.6 is 11.6 Å². The lowest BCUT2D eigenvalue weighted by molar-refractivity contribution is -0.131. The van der Waals surface area contributed by atoms with Crippen LogP contribution in [-0.4, -0.2) is 46.5 Å². The van der Waals surface area contributed by atoms with Crippen LogP contribution in [0.3, 0.4) is 0 Å². The van der Waals surface area contributed by atoms with Gasteiger partial charge in [0.25, 0.3) is 0 Å². The number of anilines is 1. The van der Waals surface area contributed by atoms with Gasteiger partial charge in [0, 0.05) is 12.6 Å². The van der Waals surface area contributed by atoms with Gasteiger partial charge in [-0.15, -0.1) is 0 Å². The summed E-state index contributed by atoms with van der Waals surface area (Å²) in [6.07, 6.45) is 4.34. The maximum atomic E-state index is 12.7. The lowest BCUT2D eigenvalue weighted by Crippen LogP contribution is -2.40. The molecule has 0 radical (unpaired) electrons. The number of aromatic nitrogens is 2. The summed E-state index contributed by atoms with van der Waals surface area (Å²) in [6.45, 7) is 2.76. The molecule has 7 heteroatoms. The predicted molar refractivity (Wildman–Crippen MR) is 96.9 cm³/mol. The van der Waals surface area contributed by atoms with Gasteiger partial charge in [-0.1, -0.05) is 23.7 Å². The van der Waals surface area contributed by atoms with Gasteiger partial charge in [-0.05, 0) is 31.0 Å². The monoisotopic (exact) mass is 360 g/mol. The molecule has 1 fully saturated rings. The van der Waals surface area contributed by atoms with Crippen LogP contribution < -0.4 is 10.1 Å². The normalized spacial score (nSPS) is 19.7. The number of benzene rings is 1. The van der Waals surface area contributed by atoms with Gasteiger partial charge in [-0.25, -0.2) is 9.97 Å². The largest absolute Gasteiger partial charge is 0.497 e. The topological polar surface area (TPSA) is 67.3 Å². The third kappa shape index (κ3) is 4.20. The molecule has 25 heavy (non-hydrogen) atoms. The Morgan fingerprint density at radius 2 is 2.16 bits per heavy atom. The number of nitrogens with one attached hydrogen (secondary N) is 1. The van der Waals surface area contributed by atoms with Crippen LogP contribution in [0.2, 0.25) is 5.02 Å². The standard InChI is InChI=1S/C18H21ClN4O2/c1-12-16(22-18-20-10-14(19)11-21-18)6-7-23(12)17(24)9-13-4-3-5-15(8-13)25-2/h3-5,8,10-12,16H,6-7,9H2,1-2H3,(H,20,21,22). The van der Waals surface area contributed by atoms with Crippen molar-refractivity contribution in [3.63, 3.8) is 0 Å². The number of likely N-dealkylation sites (tertiary alicyclic amines) is 1. The number of hydrogen-bond donors (Lipinski definition) is 1. The van der Waals surface area contributed by atoms with E-state index in [1.165, 1.54) is 0 Å². The second kappa shape index (κ2) is 7.70. The quantitative estimate of drug-likeness (QED) is 0.888. The van der Waals surface area contributed by atoms with E-state index in [1.807, 2.05) is 36.1 Å². The van der Waals surface area contributed by atoms with Crippen LogP contribution in [0, 0.1) is 0 Å². The number of halogens is 1. The highest BCUT2D eigenvalue weighted by Crippen LogP contribution is 2.22. The second-order valence-electron chi connectivity index (χ2n) is 6.12. The van der Waals surface area contributed by atoms with E-state index in [9.17, 15) is 4.79 Å². The lowest BCUT2D eigenvalue weighted by atomic mass is 10.1. The van der Waals surface area contributed by atoms with Gasteiger partial charge in [-0.3, -0.25) is 4.79 Å². The molecule has 0 spiro atoms. The van der Waals surface area contributed by atoms with Crippen molar-refractivity contribution in [2.45, 2.75) is 31.8 Å². The van der Waals surface area contributed by atoms with Gasteiger partial charge < -0.3 is 15.0 Å². The van der Waals surface area contributed by atoms with Crippen LogP contribution in [0.5, 0.6) is 5.75 Å². The molecule has 2 aromatic rings. The third-order valence-electron chi connectivity index (χ3n) is 4.50. The zero-order valence-electron chi connectivity index (χ0n) is 14.3. The van der Waals surface area contributed by atoms with Gasteiger partial charge in [0.15, 0.2) is 0 Å². The van der Waals surface area contributed by atoms with Gasteiger partial charge >= 0.3 is 0 Å². The van der Waals surface area contributed by atoms with E-state index in [0.717, 1.165) is 24.3 Å². The molecule has 1 N–H and O–H groups in total. The average molecular weight is 361 g/mol. The maximum absolute atomic E-state index is 12.7. The van der Waals surface area contributed by atoms with Crippen LogP contribution in [0.1, 0.15) is 18.9 Å². The van der Waals surface area contributed by atoms with Crippen LogP contribution in [0.25, 0.3) is 0 Å². The molecule has 3 rings (SSSR count). The number of hydrogen-bond acceptors (Lipinski definition) is 5. The molecule has 1 amide bonds. The fourth-order valence-electron chi connectivity index (χ4n) is 3.10.